The third-order valence-corrected chi connectivity index (χ3v) is 2.50. The summed E-state index contributed by atoms with van der Waals surface area (Å²) >= 11 is 0. The molecule has 1 aliphatic heterocycles. The number of aryl methyl sites for hydroxylation is 1. The standard InChI is InChI=1S/C12H14N2O3/c1-9-2-3-10(17-9)4-5-12(16)14-7-6-13-11(15)8-14/h2-5H,6-8H2,1H3,(H,13,15)/b5-4-. The normalized spacial score (nSPS) is 16.3. The number of hydrogen-bond acceptors (Lipinski definition) is 3. The number of carbonyl (C=O) groups excluding carboxylic acids is 2. The second-order valence-corrected chi connectivity index (χ2v) is 3.89. The van der Waals surface area contributed by atoms with Gasteiger partial charge in [0.25, 0.3) is 0 Å². The van der Waals surface area contributed by atoms with E-state index in [1.807, 2.05) is 13.0 Å². The lowest BCUT2D eigenvalue weighted by molar-refractivity contribution is -0.134. The number of piperazine rings is 1. The first kappa shape index (κ1) is 11.4. The molecule has 1 aromatic heterocycles. The van der Waals surface area contributed by atoms with Gasteiger partial charge in [-0.3, -0.25) is 9.59 Å². The molecule has 5 heteroatoms. The van der Waals surface area contributed by atoms with Crippen molar-refractivity contribution in [2.24, 2.45) is 0 Å². The average molecular weight is 234 g/mol. The van der Waals surface area contributed by atoms with Gasteiger partial charge in [0.2, 0.25) is 11.8 Å². The quantitative estimate of drug-likeness (QED) is 0.760. The first-order valence-corrected chi connectivity index (χ1v) is 5.45. The minimum atomic E-state index is -0.172. The second kappa shape index (κ2) is 4.86. The number of hydrogen-bond donors (Lipinski definition) is 1. The van der Waals surface area contributed by atoms with E-state index < -0.39 is 0 Å². The van der Waals surface area contributed by atoms with Crippen LogP contribution in [0.1, 0.15) is 11.5 Å². The molecule has 0 radical (unpaired) electrons. The lowest BCUT2D eigenvalue weighted by atomic mass is 10.3. The van der Waals surface area contributed by atoms with Crippen LogP contribution >= 0.6 is 0 Å². The summed E-state index contributed by atoms with van der Waals surface area (Å²) in [5, 5.41) is 2.67. The van der Waals surface area contributed by atoms with Crippen LogP contribution in [0.2, 0.25) is 0 Å². The monoisotopic (exact) mass is 234 g/mol. The molecule has 0 unspecified atom stereocenters. The number of furan rings is 1. The van der Waals surface area contributed by atoms with Crippen molar-refractivity contribution in [2.45, 2.75) is 6.92 Å². The maximum atomic E-state index is 11.7. The zero-order chi connectivity index (χ0) is 12.3. The van der Waals surface area contributed by atoms with Crippen LogP contribution in [0.4, 0.5) is 0 Å². The van der Waals surface area contributed by atoms with Gasteiger partial charge in [-0.25, -0.2) is 0 Å². The minimum Gasteiger partial charge on any atom is -0.462 e. The van der Waals surface area contributed by atoms with E-state index in [1.165, 1.54) is 11.0 Å². The van der Waals surface area contributed by atoms with E-state index in [-0.39, 0.29) is 18.4 Å². The van der Waals surface area contributed by atoms with Gasteiger partial charge in [-0.2, -0.15) is 0 Å². The largest absolute Gasteiger partial charge is 0.462 e. The van der Waals surface area contributed by atoms with Crippen molar-refractivity contribution in [3.63, 3.8) is 0 Å². The van der Waals surface area contributed by atoms with E-state index in [9.17, 15) is 9.59 Å². The van der Waals surface area contributed by atoms with Crippen LogP contribution in [0.3, 0.4) is 0 Å². The Hall–Kier alpha value is -2.04. The van der Waals surface area contributed by atoms with Crippen LogP contribution in [0.15, 0.2) is 22.6 Å². The molecular formula is C12H14N2O3. The van der Waals surface area contributed by atoms with Gasteiger partial charge in [0.05, 0.1) is 6.54 Å². The summed E-state index contributed by atoms with van der Waals surface area (Å²) in [6, 6.07) is 3.63. The van der Waals surface area contributed by atoms with E-state index in [4.69, 9.17) is 4.42 Å². The highest BCUT2D eigenvalue weighted by Gasteiger charge is 2.18. The smallest absolute Gasteiger partial charge is 0.247 e. The topological polar surface area (TPSA) is 62.6 Å². The van der Waals surface area contributed by atoms with Crippen molar-refractivity contribution >= 4 is 17.9 Å². The summed E-state index contributed by atoms with van der Waals surface area (Å²) in [6.07, 6.45) is 3.04. The highest BCUT2D eigenvalue weighted by atomic mass is 16.3. The lowest BCUT2D eigenvalue weighted by Gasteiger charge is -2.25. The summed E-state index contributed by atoms with van der Waals surface area (Å²) in [6.45, 7) is 3.03. The molecule has 2 amide bonds. The summed E-state index contributed by atoms with van der Waals surface area (Å²) < 4.78 is 5.31. The molecule has 0 spiro atoms. The summed E-state index contributed by atoms with van der Waals surface area (Å²) in [5.41, 5.74) is 0. The van der Waals surface area contributed by atoms with Gasteiger partial charge in [0.1, 0.15) is 11.5 Å². The first-order valence-electron chi connectivity index (χ1n) is 5.45. The minimum absolute atomic E-state index is 0.119. The molecule has 1 aliphatic rings. The Kier molecular flexibility index (Phi) is 3.27. The summed E-state index contributed by atoms with van der Waals surface area (Å²) in [7, 11) is 0. The van der Waals surface area contributed by atoms with Crippen LogP contribution in [0.25, 0.3) is 6.08 Å². The van der Waals surface area contributed by atoms with Crippen LogP contribution in [0, 0.1) is 6.92 Å². The number of nitrogens with zero attached hydrogens (tertiary/aromatic N) is 1. The molecule has 0 bridgehead atoms. The van der Waals surface area contributed by atoms with Crippen molar-refractivity contribution in [3.8, 4) is 0 Å². The number of carbonyl (C=O) groups is 2. The Labute approximate surface area is 99.1 Å². The molecule has 5 nitrogen and oxygen atoms in total. The third kappa shape index (κ3) is 2.96. The van der Waals surface area contributed by atoms with Gasteiger partial charge in [-0.05, 0) is 25.1 Å². The Bertz CT molecular complexity index is 462. The predicted molar refractivity (Wildman–Crippen MR) is 62.1 cm³/mol. The lowest BCUT2D eigenvalue weighted by Crippen LogP contribution is -2.49. The van der Waals surface area contributed by atoms with E-state index in [0.29, 0.717) is 18.8 Å². The van der Waals surface area contributed by atoms with Crippen molar-refractivity contribution in [3.05, 3.63) is 29.7 Å². The number of amides is 2. The summed E-state index contributed by atoms with van der Waals surface area (Å²) in [5.74, 6) is 1.15. The maximum Gasteiger partial charge on any atom is 0.247 e. The summed E-state index contributed by atoms with van der Waals surface area (Å²) in [4.78, 5) is 24.4. The van der Waals surface area contributed by atoms with E-state index in [0.717, 1.165) is 5.76 Å². The molecule has 0 atom stereocenters. The predicted octanol–water partition coefficient (Wildman–Crippen LogP) is 0.560. The number of rotatable bonds is 2. The molecule has 90 valence electrons. The highest BCUT2D eigenvalue weighted by Crippen LogP contribution is 2.08. The fraction of sp³-hybridized carbons (Fsp3) is 0.333. The zero-order valence-electron chi connectivity index (χ0n) is 9.60. The zero-order valence-corrected chi connectivity index (χ0v) is 9.60. The van der Waals surface area contributed by atoms with Gasteiger partial charge < -0.3 is 14.6 Å². The van der Waals surface area contributed by atoms with Gasteiger partial charge in [0.15, 0.2) is 0 Å². The van der Waals surface area contributed by atoms with E-state index in [2.05, 4.69) is 5.32 Å². The molecule has 1 fully saturated rings. The van der Waals surface area contributed by atoms with Gasteiger partial charge in [0, 0.05) is 19.2 Å². The Morgan fingerprint density at radius 1 is 1.53 bits per heavy atom. The van der Waals surface area contributed by atoms with Crippen LogP contribution in [-0.4, -0.2) is 36.3 Å². The average Bonchev–Trinajstić information content (AvgIpc) is 2.72. The molecule has 1 N–H and O–H groups in total. The van der Waals surface area contributed by atoms with Crippen molar-refractivity contribution < 1.29 is 14.0 Å². The van der Waals surface area contributed by atoms with Gasteiger partial charge in [-0.15, -0.1) is 0 Å². The SMILES string of the molecule is Cc1ccc(/C=C\C(=O)N2CCNC(=O)C2)o1. The van der Waals surface area contributed by atoms with Crippen molar-refractivity contribution in [2.75, 3.05) is 19.6 Å². The molecular weight excluding hydrogens is 220 g/mol. The molecule has 1 saturated heterocycles. The molecule has 0 aromatic carbocycles. The number of nitrogens with one attached hydrogen (secondary N) is 1. The van der Waals surface area contributed by atoms with Crippen LogP contribution < -0.4 is 5.32 Å². The molecule has 2 heterocycles. The van der Waals surface area contributed by atoms with Crippen LogP contribution in [0.5, 0.6) is 0 Å². The fourth-order valence-corrected chi connectivity index (χ4v) is 1.63. The molecule has 1 aromatic rings. The van der Waals surface area contributed by atoms with E-state index in [1.54, 1.807) is 12.1 Å². The maximum absolute atomic E-state index is 11.7. The highest BCUT2D eigenvalue weighted by molar-refractivity contribution is 5.94. The molecule has 0 aliphatic carbocycles. The second-order valence-electron chi connectivity index (χ2n) is 3.89. The first-order chi connectivity index (χ1) is 8.15. The fourth-order valence-electron chi connectivity index (χ4n) is 1.63. The van der Waals surface area contributed by atoms with Gasteiger partial charge >= 0.3 is 0 Å². The Morgan fingerprint density at radius 3 is 3.00 bits per heavy atom. The molecule has 17 heavy (non-hydrogen) atoms. The van der Waals surface area contributed by atoms with Gasteiger partial charge in [-0.1, -0.05) is 0 Å². The van der Waals surface area contributed by atoms with Crippen molar-refractivity contribution in [1.82, 2.24) is 10.2 Å². The third-order valence-electron chi connectivity index (χ3n) is 2.50. The molecule has 2 rings (SSSR count). The Balaban J connectivity index is 1.96. The van der Waals surface area contributed by atoms with Crippen LogP contribution in [-0.2, 0) is 9.59 Å². The van der Waals surface area contributed by atoms with Crippen molar-refractivity contribution in [1.29, 1.82) is 0 Å². The Morgan fingerprint density at radius 2 is 2.35 bits per heavy atom. The van der Waals surface area contributed by atoms with E-state index >= 15 is 0 Å². The molecule has 0 saturated carbocycles.